The highest BCUT2D eigenvalue weighted by Crippen LogP contribution is 2.34. The third kappa shape index (κ3) is 2.52. The van der Waals surface area contributed by atoms with Crippen LogP contribution in [-0.2, 0) is 19.3 Å². The maximum absolute atomic E-state index is 4.92. The number of benzene rings is 1. The van der Waals surface area contributed by atoms with Gasteiger partial charge >= 0.3 is 0 Å². The molecule has 106 valence electrons. The third-order valence-electron chi connectivity index (χ3n) is 4.01. The number of nitrogens with one attached hydrogen (secondary N) is 1. The SMILES string of the molecule is CCNC(c1nc2c(s1)CCC2)c1ccccc1CC. The third-order valence-corrected chi connectivity index (χ3v) is 5.24. The van der Waals surface area contributed by atoms with Crippen LogP contribution in [0.1, 0.15) is 53.0 Å². The fourth-order valence-corrected chi connectivity index (χ4v) is 4.25. The van der Waals surface area contributed by atoms with Crippen LogP contribution >= 0.6 is 11.3 Å². The molecule has 20 heavy (non-hydrogen) atoms. The van der Waals surface area contributed by atoms with Gasteiger partial charge in [0.25, 0.3) is 0 Å². The smallest absolute Gasteiger partial charge is 0.115 e. The van der Waals surface area contributed by atoms with Crippen LogP contribution < -0.4 is 5.32 Å². The average molecular weight is 286 g/mol. The van der Waals surface area contributed by atoms with E-state index in [1.165, 1.54) is 46.0 Å². The predicted octanol–water partition coefficient (Wildman–Crippen LogP) is 3.89. The second kappa shape index (κ2) is 6.06. The van der Waals surface area contributed by atoms with Crippen molar-refractivity contribution < 1.29 is 0 Å². The fraction of sp³-hybridized carbons (Fsp3) is 0.471. The lowest BCUT2D eigenvalue weighted by atomic mass is 9.99. The quantitative estimate of drug-likeness (QED) is 0.902. The van der Waals surface area contributed by atoms with Crippen molar-refractivity contribution in [3.63, 3.8) is 0 Å². The standard InChI is InChI=1S/C17H22N2S/c1-3-12-8-5-6-9-13(12)16(18-4-2)17-19-14-10-7-11-15(14)20-17/h5-6,8-9,16,18H,3-4,7,10-11H2,1-2H3. The van der Waals surface area contributed by atoms with Crippen LogP contribution in [0.25, 0.3) is 0 Å². The highest BCUT2D eigenvalue weighted by Gasteiger charge is 2.23. The van der Waals surface area contributed by atoms with Crippen LogP contribution in [0.15, 0.2) is 24.3 Å². The topological polar surface area (TPSA) is 24.9 Å². The summed E-state index contributed by atoms with van der Waals surface area (Å²) in [5.74, 6) is 0. The van der Waals surface area contributed by atoms with Gasteiger partial charge in [0, 0.05) is 4.88 Å². The van der Waals surface area contributed by atoms with E-state index >= 15 is 0 Å². The van der Waals surface area contributed by atoms with Crippen LogP contribution in [0.5, 0.6) is 0 Å². The fourth-order valence-electron chi connectivity index (χ4n) is 3.01. The van der Waals surface area contributed by atoms with Gasteiger partial charge in [-0.15, -0.1) is 11.3 Å². The lowest BCUT2D eigenvalue weighted by Crippen LogP contribution is -2.23. The van der Waals surface area contributed by atoms with Crippen molar-refractivity contribution in [2.24, 2.45) is 0 Å². The van der Waals surface area contributed by atoms with E-state index in [1.807, 2.05) is 11.3 Å². The van der Waals surface area contributed by atoms with E-state index in [9.17, 15) is 0 Å². The average Bonchev–Trinajstić information content (AvgIpc) is 3.06. The second-order valence-electron chi connectivity index (χ2n) is 5.32. The summed E-state index contributed by atoms with van der Waals surface area (Å²) in [5.41, 5.74) is 4.17. The Morgan fingerprint density at radius 3 is 2.85 bits per heavy atom. The first-order valence-electron chi connectivity index (χ1n) is 7.63. The number of aryl methyl sites for hydroxylation is 3. The summed E-state index contributed by atoms with van der Waals surface area (Å²) in [5, 5.41) is 4.87. The number of fused-ring (bicyclic) bond motifs is 1. The first kappa shape index (κ1) is 13.8. The molecule has 0 spiro atoms. The zero-order valence-electron chi connectivity index (χ0n) is 12.3. The number of hydrogen-bond acceptors (Lipinski definition) is 3. The van der Waals surface area contributed by atoms with Crippen LogP contribution in [0.3, 0.4) is 0 Å². The van der Waals surface area contributed by atoms with E-state index in [1.54, 1.807) is 0 Å². The molecule has 1 aromatic heterocycles. The maximum atomic E-state index is 4.92. The van der Waals surface area contributed by atoms with Crippen LogP contribution in [0, 0.1) is 0 Å². The first-order valence-corrected chi connectivity index (χ1v) is 8.44. The molecule has 1 aliphatic rings. The minimum Gasteiger partial charge on any atom is -0.305 e. The summed E-state index contributed by atoms with van der Waals surface area (Å²) in [6.07, 6.45) is 4.75. The van der Waals surface area contributed by atoms with Crippen molar-refractivity contribution in [2.75, 3.05) is 6.54 Å². The molecule has 1 N–H and O–H groups in total. The Kier molecular flexibility index (Phi) is 4.18. The van der Waals surface area contributed by atoms with Crippen LogP contribution in [0.4, 0.5) is 0 Å². The molecule has 2 nitrogen and oxygen atoms in total. The molecule has 2 aromatic rings. The summed E-state index contributed by atoms with van der Waals surface area (Å²) in [7, 11) is 0. The molecule has 0 fully saturated rings. The lowest BCUT2D eigenvalue weighted by molar-refractivity contribution is 0.620. The highest BCUT2D eigenvalue weighted by molar-refractivity contribution is 7.11. The summed E-state index contributed by atoms with van der Waals surface area (Å²) in [6, 6.07) is 9.01. The molecular formula is C17H22N2S. The molecule has 3 rings (SSSR count). The molecule has 0 saturated heterocycles. The molecule has 0 bridgehead atoms. The molecule has 1 atom stereocenters. The normalized spacial score (nSPS) is 15.3. The molecule has 0 radical (unpaired) electrons. The molecular weight excluding hydrogens is 264 g/mol. The zero-order valence-corrected chi connectivity index (χ0v) is 13.1. The second-order valence-corrected chi connectivity index (χ2v) is 6.43. The van der Waals surface area contributed by atoms with Crippen molar-refractivity contribution in [3.8, 4) is 0 Å². The molecule has 1 heterocycles. The number of nitrogens with zero attached hydrogens (tertiary/aromatic N) is 1. The van der Waals surface area contributed by atoms with Crippen LogP contribution in [0.2, 0.25) is 0 Å². The molecule has 0 saturated carbocycles. The van der Waals surface area contributed by atoms with Gasteiger partial charge < -0.3 is 5.32 Å². The van der Waals surface area contributed by atoms with Gasteiger partial charge in [-0.25, -0.2) is 4.98 Å². The Labute approximate surface area is 125 Å². The monoisotopic (exact) mass is 286 g/mol. The van der Waals surface area contributed by atoms with E-state index in [-0.39, 0.29) is 6.04 Å². The summed E-state index contributed by atoms with van der Waals surface area (Å²) in [6.45, 7) is 5.36. The Balaban J connectivity index is 1.99. The van der Waals surface area contributed by atoms with Crippen molar-refractivity contribution in [2.45, 2.75) is 45.6 Å². The molecule has 0 aliphatic heterocycles. The number of thiazole rings is 1. The Morgan fingerprint density at radius 1 is 1.25 bits per heavy atom. The predicted molar refractivity (Wildman–Crippen MR) is 85.5 cm³/mol. The van der Waals surface area contributed by atoms with Gasteiger partial charge in [-0.2, -0.15) is 0 Å². The van der Waals surface area contributed by atoms with Gasteiger partial charge in [-0.3, -0.25) is 0 Å². The number of rotatable bonds is 5. The molecule has 1 unspecified atom stereocenters. The van der Waals surface area contributed by atoms with Gasteiger partial charge in [0.1, 0.15) is 5.01 Å². The Bertz CT molecular complexity index is 567. The van der Waals surface area contributed by atoms with Crippen LogP contribution in [-0.4, -0.2) is 11.5 Å². The van der Waals surface area contributed by atoms with E-state index in [4.69, 9.17) is 4.98 Å². The Hall–Kier alpha value is -1.19. The maximum Gasteiger partial charge on any atom is 0.115 e. The van der Waals surface area contributed by atoms with E-state index in [2.05, 4.69) is 43.4 Å². The van der Waals surface area contributed by atoms with Crippen molar-refractivity contribution in [1.29, 1.82) is 0 Å². The van der Waals surface area contributed by atoms with E-state index in [0.717, 1.165) is 13.0 Å². The molecule has 3 heteroatoms. The van der Waals surface area contributed by atoms with Gasteiger partial charge in [-0.05, 0) is 43.4 Å². The lowest BCUT2D eigenvalue weighted by Gasteiger charge is -2.19. The summed E-state index contributed by atoms with van der Waals surface area (Å²) in [4.78, 5) is 6.43. The van der Waals surface area contributed by atoms with Crippen molar-refractivity contribution >= 4 is 11.3 Å². The highest BCUT2D eigenvalue weighted by atomic mass is 32.1. The van der Waals surface area contributed by atoms with E-state index in [0.29, 0.717) is 0 Å². The van der Waals surface area contributed by atoms with Crippen molar-refractivity contribution in [1.82, 2.24) is 10.3 Å². The van der Waals surface area contributed by atoms with Gasteiger partial charge in [-0.1, -0.05) is 38.1 Å². The van der Waals surface area contributed by atoms with Crippen molar-refractivity contribution in [3.05, 3.63) is 51.0 Å². The number of aromatic nitrogens is 1. The van der Waals surface area contributed by atoms with Gasteiger partial charge in [0.2, 0.25) is 0 Å². The van der Waals surface area contributed by atoms with Gasteiger partial charge in [0.15, 0.2) is 0 Å². The zero-order chi connectivity index (χ0) is 13.9. The summed E-state index contributed by atoms with van der Waals surface area (Å²) >= 11 is 1.91. The molecule has 1 aliphatic carbocycles. The molecule has 0 amide bonds. The first-order chi connectivity index (χ1) is 9.83. The minimum atomic E-state index is 0.256. The minimum absolute atomic E-state index is 0.256. The van der Waals surface area contributed by atoms with E-state index < -0.39 is 0 Å². The van der Waals surface area contributed by atoms with Gasteiger partial charge in [0.05, 0.1) is 11.7 Å². The molecule has 1 aromatic carbocycles. The summed E-state index contributed by atoms with van der Waals surface area (Å²) < 4.78 is 0. The Morgan fingerprint density at radius 2 is 2.10 bits per heavy atom. The number of hydrogen-bond donors (Lipinski definition) is 1. The largest absolute Gasteiger partial charge is 0.305 e.